The van der Waals surface area contributed by atoms with Crippen LogP contribution in [0.2, 0.25) is 0 Å². The molecule has 0 atom stereocenters. The van der Waals surface area contributed by atoms with E-state index in [2.05, 4.69) is 11.9 Å². The van der Waals surface area contributed by atoms with Crippen LogP contribution < -0.4 is 5.73 Å². The molecule has 0 aliphatic heterocycles. The fraction of sp³-hybridized carbons (Fsp3) is 0.333. The number of rotatable bonds is 2. The molecule has 0 aromatic carbocycles. The molecule has 4 heteroatoms. The first-order chi connectivity index (χ1) is 7.60. The number of fused-ring (bicyclic) bond motifs is 1. The Labute approximate surface area is 98.3 Å². The molecule has 3 nitrogen and oxygen atoms in total. The van der Waals surface area contributed by atoms with Crippen molar-refractivity contribution in [1.82, 2.24) is 4.98 Å². The maximum atomic E-state index is 10.9. The smallest absolute Gasteiger partial charge is 0.162 e. The minimum absolute atomic E-state index is 0.578. The Kier molecular flexibility index (Phi) is 2.68. The van der Waals surface area contributed by atoms with Gasteiger partial charge >= 0.3 is 0 Å². The van der Waals surface area contributed by atoms with Crippen LogP contribution in [0.25, 0.3) is 10.2 Å². The van der Waals surface area contributed by atoms with Crippen LogP contribution in [0, 0.1) is 13.8 Å². The number of anilines is 1. The molecule has 0 spiro atoms. The molecule has 2 heterocycles. The van der Waals surface area contributed by atoms with E-state index in [0.29, 0.717) is 10.6 Å². The lowest BCUT2D eigenvalue weighted by atomic mass is 10.0. The molecule has 2 aromatic heterocycles. The van der Waals surface area contributed by atoms with Gasteiger partial charge in [0.1, 0.15) is 4.83 Å². The number of carbonyl (C=O) groups excluding carboxylic acids is 1. The van der Waals surface area contributed by atoms with E-state index in [1.807, 2.05) is 13.8 Å². The zero-order valence-corrected chi connectivity index (χ0v) is 10.4. The van der Waals surface area contributed by atoms with E-state index in [4.69, 9.17) is 5.73 Å². The van der Waals surface area contributed by atoms with Crippen molar-refractivity contribution in [2.24, 2.45) is 0 Å². The van der Waals surface area contributed by atoms with Crippen molar-refractivity contribution < 1.29 is 4.79 Å². The number of hydrogen-bond acceptors (Lipinski definition) is 4. The predicted octanol–water partition coefficient (Wildman–Crippen LogP) is 2.87. The number of pyridine rings is 1. The highest BCUT2D eigenvalue weighted by molar-refractivity contribution is 7.20. The largest absolute Gasteiger partial charge is 0.397 e. The number of aryl methyl sites for hydroxylation is 2. The van der Waals surface area contributed by atoms with Crippen LogP contribution in [0.3, 0.4) is 0 Å². The number of carbonyl (C=O) groups is 1. The Balaban J connectivity index is 2.91. The van der Waals surface area contributed by atoms with Crippen molar-refractivity contribution in [2.45, 2.75) is 27.2 Å². The van der Waals surface area contributed by atoms with Gasteiger partial charge in [-0.3, -0.25) is 4.79 Å². The lowest BCUT2D eigenvalue weighted by Gasteiger charge is -2.08. The molecule has 16 heavy (non-hydrogen) atoms. The van der Waals surface area contributed by atoms with Gasteiger partial charge in [0.05, 0.1) is 10.6 Å². The zero-order chi connectivity index (χ0) is 11.9. The molecule has 0 fully saturated rings. The minimum atomic E-state index is 0.578. The van der Waals surface area contributed by atoms with E-state index in [1.54, 1.807) is 0 Å². The quantitative estimate of drug-likeness (QED) is 0.813. The van der Waals surface area contributed by atoms with E-state index in [1.165, 1.54) is 16.9 Å². The van der Waals surface area contributed by atoms with Gasteiger partial charge in [-0.2, -0.15) is 0 Å². The molecule has 0 aliphatic carbocycles. The Morgan fingerprint density at radius 3 is 2.69 bits per heavy atom. The summed E-state index contributed by atoms with van der Waals surface area (Å²) >= 11 is 1.37. The van der Waals surface area contributed by atoms with Gasteiger partial charge in [0.2, 0.25) is 0 Å². The minimum Gasteiger partial charge on any atom is -0.397 e. The van der Waals surface area contributed by atoms with Crippen molar-refractivity contribution in [1.29, 1.82) is 0 Å². The number of nitrogens with zero attached hydrogens (tertiary/aromatic N) is 1. The topological polar surface area (TPSA) is 56.0 Å². The van der Waals surface area contributed by atoms with E-state index in [-0.39, 0.29) is 0 Å². The van der Waals surface area contributed by atoms with Crippen molar-refractivity contribution in [2.75, 3.05) is 5.73 Å². The van der Waals surface area contributed by atoms with E-state index >= 15 is 0 Å². The van der Waals surface area contributed by atoms with Gasteiger partial charge in [0.15, 0.2) is 6.29 Å². The average molecular weight is 234 g/mol. The van der Waals surface area contributed by atoms with Gasteiger partial charge in [0.25, 0.3) is 0 Å². The number of aldehydes is 1. The first-order valence-corrected chi connectivity index (χ1v) is 6.05. The standard InChI is InChI=1S/C12H14N2OS/c1-4-8-6(2)10-11(13)9(5-15)16-12(10)14-7(8)3/h5H,4,13H2,1-3H3. The number of nitrogen functional groups attached to an aromatic ring is 1. The van der Waals surface area contributed by atoms with Crippen LogP contribution in [0.5, 0.6) is 0 Å². The molecule has 0 bridgehead atoms. The predicted molar refractivity (Wildman–Crippen MR) is 68.3 cm³/mol. The molecule has 0 amide bonds. The second kappa shape index (κ2) is 3.87. The Bertz CT molecular complexity index is 572. The van der Waals surface area contributed by atoms with E-state index < -0.39 is 0 Å². The van der Waals surface area contributed by atoms with Crippen LogP contribution in [0.4, 0.5) is 5.69 Å². The number of nitrogens with two attached hydrogens (primary N) is 1. The maximum Gasteiger partial charge on any atom is 0.162 e. The number of thiophene rings is 1. The molecular formula is C12H14N2OS. The molecule has 2 rings (SSSR count). The normalized spacial score (nSPS) is 10.9. The van der Waals surface area contributed by atoms with Gasteiger partial charge < -0.3 is 5.73 Å². The fourth-order valence-corrected chi connectivity index (χ4v) is 3.16. The van der Waals surface area contributed by atoms with Crippen LogP contribution in [-0.4, -0.2) is 11.3 Å². The first-order valence-electron chi connectivity index (χ1n) is 5.23. The molecule has 0 unspecified atom stereocenters. The van der Waals surface area contributed by atoms with Crippen LogP contribution in [0.15, 0.2) is 0 Å². The summed E-state index contributed by atoms with van der Waals surface area (Å²) in [7, 11) is 0. The SMILES string of the molecule is CCc1c(C)nc2sc(C=O)c(N)c2c1C. The molecule has 84 valence electrons. The summed E-state index contributed by atoms with van der Waals surface area (Å²) in [4.78, 5) is 16.8. The summed E-state index contributed by atoms with van der Waals surface area (Å²) in [6, 6.07) is 0. The molecule has 0 saturated heterocycles. The third kappa shape index (κ3) is 1.41. The van der Waals surface area contributed by atoms with E-state index in [0.717, 1.165) is 34.2 Å². The molecule has 2 aromatic rings. The summed E-state index contributed by atoms with van der Waals surface area (Å²) < 4.78 is 0. The monoisotopic (exact) mass is 234 g/mol. The van der Waals surface area contributed by atoms with Gasteiger partial charge in [-0.25, -0.2) is 4.98 Å². The molecule has 0 saturated carbocycles. The summed E-state index contributed by atoms with van der Waals surface area (Å²) in [5.74, 6) is 0. The molecule has 0 aliphatic rings. The highest BCUT2D eigenvalue weighted by Crippen LogP contribution is 2.35. The second-order valence-electron chi connectivity index (χ2n) is 3.83. The molecule has 0 radical (unpaired) electrons. The zero-order valence-electron chi connectivity index (χ0n) is 9.63. The third-order valence-electron chi connectivity index (χ3n) is 2.95. The van der Waals surface area contributed by atoms with Gasteiger partial charge in [-0.1, -0.05) is 6.92 Å². The first kappa shape index (κ1) is 11.1. The highest BCUT2D eigenvalue weighted by Gasteiger charge is 2.15. The summed E-state index contributed by atoms with van der Waals surface area (Å²) in [5.41, 5.74) is 9.97. The summed E-state index contributed by atoms with van der Waals surface area (Å²) in [5, 5.41) is 0.953. The van der Waals surface area contributed by atoms with Crippen LogP contribution >= 0.6 is 11.3 Å². The van der Waals surface area contributed by atoms with Gasteiger partial charge in [-0.05, 0) is 31.4 Å². The lowest BCUT2D eigenvalue weighted by Crippen LogP contribution is -1.97. The number of aromatic nitrogens is 1. The molecule has 2 N–H and O–H groups in total. The number of hydrogen-bond donors (Lipinski definition) is 1. The van der Waals surface area contributed by atoms with Crippen LogP contribution in [0.1, 0.15) is 33.4 Å². The van der Waals surface area contributed by atoms with Gasteiger partial charge in [-0.15, -0.1) is 11.3 Å². The van der Waals surface area contributed by atoms with Crippen molar-refractivity contribution >= 4 is 33.5 Å². The van der Waals surface area contributed by atoms with Crippen LogP contribution in [-0.2, 0) is 6.42 Å². The molecular weight excluding hydrogens is 220 g/mol. The maximum absolute atomic E-state index is 10.9. The summed E-state index contributed by atoms with van der Waals surface area (Å²) in [6.07, 6.45) is 1.74. The fourth-order valence-electron chi connectivity index (χ4n) is 2.14. The lowest BCUT2D eigenvalue weighted by molar-refractivity contribution is 0.112. The average Bonchev–Trinajstić information content (AvgIpc) is 2.55. The van der Waals surface area contributed by atoms with E-state index in [9.17, 15) is 4.79 Å². The van der Waals surface area contributed by atoms with Gasteiger partial charge in [0, 0.05) is 11.1 Å². The van der Waals surface area contributed by atoms with Crippen molar-refractivity contribution in [3.05, 3.63) is 21.7 Å². The van der Waals surface area contributed by atoms with Crippen molar-refractivity contribution in [3.63, 3.8) is 0 Å². The van der Waals surface area contributed by atoms with Crippen molar-refractivity contribution in [3.8, 4) is 0 Å². The third-order valence-corrected chi connectivity index (χ3v) is 3.97. The highest BCUT2D eigenvalue weighted by atomic mass is 32.1. The second-order valence-corrected chi connectivity index (χ2v) is 4.86. The Morgan fingerprint density at radius 2 is 2.12 bits per heavy atom. The summed E-state index contributed by atoms with van der Waals surface area (Å²) in [6.45, 7) is 6.15. The Morgan fingerprint density at radius 1 is 1.44 bits per heavy atom. The Hall–Kier alpha value is -1.42.